The van der Waals surface area contributed by atoms with Crippen molar-refractivity contribution >= 4 is 5.97 Å². The molecule has 2 nitrogen and oxygen atoms in total. The van der Waals surface area contributed by atoms with E-state index in [0.29, 0.717) is 0 Å². The van der Waals surface area contributed by atoms with Gasteiger partial charge in [-0.1, -0.05) is 45.1 Å². The number of carbonyl (C=O) groups excluding carboxylic acids is 1. The van der Waals surface area contributed by atoms with Gasteiger partial charge in [0.25, 0.3) is 0 Å². The average molecular weight is 264 g/mol. The monoisotopic (exact) mass is 264 g/mol. The number of esters is 1. The molecule has 19 heavy (non-hydrogen) atoms. The maximum atomic E-state index is 11.7. The van der Waals surface area contributed by atoms with Gasteiger partial charge in [-0.05, 0) is 44.4 Å². The van der Waals surface area contributed by atoms with Crippen LogP contribution in [0, 0.1) is 5.92 Å². The molecule has 108 valence electrons. The molecule has 0 aromatic rings. The molecule has 3 rings (SSSR count). The van der Waals surface area contributed by atoms with Crippen molar-refractivity contribution in [3.8, 4) is 0 Å². The highest BCUT2D eigenvalue weighted by Crippen LogP contribution is 2.38. The summed E-state index contributed by atoms with van der Waals surface area (Å²) in [6.45, 7) is 3.54. The van der Waals surface area contributed by atoms with Crippen LogP contribution in [0.5, 0.6) is 0 Å². The van der Waals surface area contributed by atoms with Crippen LogP contribution in [0.1, 0.15) is 77.0 Å². The lowest BCUT2D eigenvalue weighted by Crippen LogP contribution is -2.36. The van der Waals surface area contributed by atoms with Crippen molar-refractivity contribution in [2.24, 2.45) is 5.92 Å². The number of fused-ring (bicyclic) bond motifs is 9. The molecule has 0 unspecified atom stereocenters. The van der Waals surface area contributed by atoms with Crippen LogP contribution in [0.15, 0.2) is 12.7 Å². The molecule has 0 aromatic carbocycles. The highest BCUT2D eigenvalue weighted by Gasteiger charge is 2.34. The molecular formula is C17H28O2. The summed E-state index contributed by atoms with van der Waals surface area (Å²) in [5.41, 5.74) is -0.180. The Morgan fingerprint density at radius 3 is 2.21 bits per heavy atom. The molecule has 3 aliphatic carbocycles. The number of ether oxygens (including phenoxy) is 1. The van der Waals surface area contributed by atoms with Crippen LogP contribution in [0.3, 0.4) is 0 Å². The number of hydrogen-bond acceptors (Lipinski definition) is 2. The first kappa shape index (κ1) is 14.6. The van der Waals surface area contributed by atoms with E-state index in [-0.39, 0.29) is 11.6 Å². The lowest BCUT2D eigenvalue weighted by atomic mass is 9.80. The van der Waals surface area contributed by atoms with Gasteiger partial charge in [0, 0.05) is 6.08 Å². The van der Waals surface area contributed by atoms with Gasteiger partial charge in [-0.3, -0.25) is 0 Å². The summed E-state index contributed by atoms with van der Waals surface area (Å²) >= 11 is 0. The van der Waals surface area contributed by atoms with E-state index < -0.39 is 0 Å². The quantitative estimate of drug-likeness (QED) is 0.530. The van der Waals surface area contributed by atoms with Crippen molar-refractivity contribution in [1.82, 2.24) is 0 Å². The highest BCUT2D eigenvalue weighted by atomic mass is 16.6. The number of hydrogen-bond donors (Lipinski definition) is 0. The Hall–Kier alpha value is -0.790. The van der Waals surface area contributed by atoms with E-state index in [0.717, 1.165) is 25.2 Å². The van der Waals surface area contributed by atoms with Gasteiger partial charge in [-0.2, -0.15) is 0 Å². The molecule has 0 aliphatic heterocycles. The third-order valence-electron chi connectivity index (χ3n) is 4.97. The van der Waals surface area contributed by atoms with Gasteiger partial charge in [0.15, 0.2) is 0 Å². The Labute approximate surface area is 117 Å². The molecule has 2 heteroatoms. The summed E-state index contributed by atoms with van der Waals surface area (Å²) in [6, 6.07) is 0. The lowest BCUT2D eigenvalue weighted by Gasteiger charge is -2.36. The molecule has 0 heterocycles. The first-order chi connectivity index (χ1) is 9.24. The van der Waals surface area contributed by atoms with Gasteiger partial charge in [0.2, 0.25) is 0 Å². The van der Waals surface area contributed by atoms with Gasteiger partial charge in [0.1, 0.15) is 5.60 Å². The molecule has 3 fully saturated rings. The van der Waals surface area contributed by atoms with E-state index in [9.17, 15) is 4.79 Å². The van der Waals surface area contributed by atoms with Crippen molar-refractivity contribution in [3.63, 3.8) is 0 Å². The van der Waals surface area contributed by atoms with Crippen LogP contribution in [-0.4, -0.2) is 11.6 Å². The van der Waals surface area contributed by atoms with Crippen LogP contribution in [0.25, 0.3) is 0 Å². The standard InChI is InChI=1S/C17H28O2/c1-2-16(18)19-17-12-6-4-3-5-9-15(10-7-13-17)11-8-14-17/h2,15H,1,3-14H2. The average Bonchev–Trinajstić information content (AvgIpc) is 2.45. The predicted molar refractivity (Wildman–Crippen MR) is 77.9 cm³/mol. The van der Waals surface area contributed by atoms with Crippen LogP contribution in [0.4, 0.5) is 0 Å². The third-order valence-corrected chi connectivity index (χ3v) is 4.97. The largest absolute Gasteiger partial charge is 0.456 e. The second kappa shape index (κ2) is 7.12. The van der Waals surface area contributed by atoms with Crippen LogP contribution in [0.2, 0.25) is 0 Å². The zero-order chi connectivity index (χ0) is 13.6. The maximum Gasteiger partial charge on any atom is 0.330 e. The van der Waals surface area contributed by atoms with Gasteiger partial charge in [0.05, 0.1) is 0 Å². The smallest absolute Gasteiger partial charge is 0.330 e. The molecule has 3 aliphatic rings. The van der Waals surface area contributed by atoms with E-state index in [1.165, 1.54) is 63.9 Å². The molecule has 0 amide bonds. The topological polar surface area (TPSA) is 26.3 Å². The van der Waals surface area contributed by atoms with Crippen molar-refractivity contribution in [1.29, 1.82) is 0 Å². The summed E-state index contributed by atoms with van der Waals surface area (Å²) in [7, 11) is 0. The van der Waals surface area contributed by atoms with Gasteiger partial charge in [-0.15, -0.1) is 0 Å². The van der Waals surface area contributed by atoms with Gasteiger partial charge in [-0.25, -0.2) is 4.79 Å². The van der Waals surface area contributed by atoms with Crippen molar-refractivity contribution < 1.29 is 9.53 Å². The van der Waals surface area contributed by atoms with E-state index in [1.54, 1.807) is 0 Å². The first-order valence-corrected chi connectivity index (χ1v) is 8.09. The minimum Gasteiger partial charge on any atom is -0.456 e. The van der Waals surface area contributed by atoms with Gasteiger partial charge < -0.3 is 4.74 Å². The molecule has 0 saturated heterocycles. The molecule has 0 radical (unpaired) electrons. The normalized spacial score (nSPS) is 32.9. The SMILES string of the molecule is C=CC(=O)OC12CCCCCCC(CCC1)CCC2. The Kier molecular flexibility index (Phi) is 5.47. The minimum atomic E-state index is -0.230. The molecule has 3 saturated carbocycles. The first-order valence-electron chi connectivity index (χ1n) is 8.09. The van der Waals surface area contributed by atoms with Crippen molar-refractivity contribution in [3.05, 3.63) is 12.7 Å². The molecule has 0 aromatic heterocycles. The predicted octanol–water partition coefficient (Wildman–Crippen LogP) is 4.78. The zero-order valence-electron chi connectivity index (χ0n) is 12.2. The van der Waals surface area contributed by atoms with E-state index in [4.69, 9.17) is 4.74 Å². The fraction of sp³-hybridized carbons (Fsp3) is 0.824. The van der Waals surface area contributed by atoms with Crippen LogP contribution in [-0.2, 0) is 9.53 Å². The van der Waals surface area contributed by atoms with E-state index >= 15 is 0 Å². The molecule has 0 atom stereocenters. The van der Waals surface area contributed by atoms with E-state index in [1.807, 2.05) is 0 Å². The maximum absolute atomic E-state index is 11.7. The zero-order valence-corrected chi connectivity index (χ0v) is 12.2. The number of carbonyl (C=O) groups is 1. The fourth-order valence-corrected chi connectivity index (χ4v) is 3.88. The second-order valence-electron chi connectivity index (χ2n) is 6.41. The lowest BCUT2D eigenvalue weighted by molar-refractivity contribution is -0.157. The summed E-state index contributed by atoms with van der Waals surface area (Å²) < 4.78 is 5.81. The van der Waals surface area contributed by atoms with Crippen molar-refractivity contribution in [2.75, 3.05) is 0 Å². The summed E-state index contributed by atoms with van der Waals surface area (Å²) in [5.74, 6) is 0.693. The minimum absolute atomic E-state index is 0.180. The molecule has 2 bridgehead atoms. The molecule has 0 N–H and O–H groups in total. The van der Waals surface area contributed by atoms with Crippen LogP contribution < -0.4 is 0 Å². The van der Waals surface area contributed by atoms with Crippen LogP contribution >= 0.6 is 0 Å². The van der Waals surface area contributed by atoms with Gasteiger partial charge >= 0.3 is 5.97 Å². The third kappa shape index (κ3) is 4.36. The highest BCUT2D eigenvalue weighted by molar-refractivity contribution is 5.81. The second-order valence-corrected chi connectivity index (χ2v) is 6.41. The Morgan fingerprint density at radius 2 is 1.53 bits per heavy atom. The summed E-state index contributed by atoms with van der Waals surface area (Å²) in [6.07, 6.45) is 16.2. The molecule has 0 spiro atoms. The summed E-state index contributed by atoms with van der Waals surface area (Å²) in [5, 5.41) is 0. The van der Waals surface area contributed by atoms with Crippen molar-refractivity contribution in [2.45, 2.75) is 82.7 Å². The van der Waals surface area contributed by atoms with E-state index in [2.05, 4.69) is 6.58 Å². The summed E-state index contributed by atoms with van der Waals surface area (Å²) in [4.78, 5) is 11.7. The Balaban J connectivity index is 2.08. The Morgan fingerprint density at radius 1 is 0.947 bits per heavy atom. The number of rotatable bonds is 2. The fourth-order valence-electron chi connectivity index (χ4n) is 3.88. The molecular weight excluding hydrogens is 236 g/mol. The Bertz CT molecular complexity index is 293.